The van der Waals surface area contributed by atoms with Crippen LogP contribution < -0.4 is 5.32 Å². The molecule has 1 aliphatic heterocycles. The molecule has 0 bridgehead atoms. The van der Waals surface area contributed by atoms with Crippen LogP contribution in [0.1, 0.15) is 31.2 Å². The molecule has 11 heteroatoms. The highest BCUT2D eigenvalue weighted by Gasteiger charge is 2.37. The molecule has 158 valence electrons. The maximum Gasteiger partial charge on any atom is 0.310 e. The SMILES string of the molecule is COCC(C)NC(=O)COC(=O)C1CCCN(S(=O)(=O)c2c(C)noc2C)C1. The molecule has 1 aromatic rings. The third-order valence-electron chi connectivity index (χ3n) is 4.45. The van der Waals surface area contributed by atoms with Crippen molar-refractivity contribution in [3.63, 3.8) is 0 Å². The number of ether oxygens (including phenoxy) is 2. The Morgan fingerprint density at radius 3 is 2.71 bits per heavy atom. The van der Waals surface area contributed by atoms with E-state index in [0.717, 1.165) is 0 Å². The number of sulfonamides is 1. The lowest BCUT2D eigenvalue weighted by Gasteiger charge is -2.30. The fourth-order valence-corrected chi connectivity index (χ4v) is 5.00. The predicted octanol–water partition coefficient (Wildman–Crippen LogP) is 0.386. The Morgan fingerprint density at radius 1 is 1.39 bits per heavy atom. The summed E-state index contributed by atoms with van der Waals surface area (Å²) in [5, 5.41) is 6.33. The summed E-state index contributed by atoms with van der Waals surface area (Å²) in [4.78, 5) is 24.2. The maximum atomic E-state index is 12.9. The van der Waals surface area contributed by atoms with E-state index in [9.17, 15) is 18.0 Å². The molecule has 1 saturated heterocycles. The molecular weight excluding hydrogens is 390 g/mol. The second-order valence-electron chi connectivity index (χ2n) is 6.89. The van der Waals surface area contributed by atoms with E-state index >= 15 is 0 Å². The molecule has 0 radical (unpaired) electrons. The van der Waals surface area contributed by atoms with Gasteiger partial charge in [-0.3, -0.25) is 9.59 Å². The van der Waals surface area contributed by atoms with Gasteiger partial charge >= 0.3 is 5.97 Å². The van der Waals surface area contributed by atoms with Crippen molar-refractivity contribution in [2.75, 3.05) is 33.4 Å². The minimum atomic E-state index is -3.82. The van der Waals surface area contributed by atoms with E-state index in [1.54, 1.807) is 13.8 Å². The van der Waals surface area contributed by atoms with E-state index in [4.69, 9.17) is 14.0 Å². The van der Waals surface area contributed by atoms with Gasteiger partial charge in [0.25, 0.3) is 5.91 Å². The molecule has 1 fully saturated rings. The van der Waals surface area contributed by atoms with Gasteiger partial charge in [0, 0.05) is 26.2 Å². The number of aryl methyl sites for hydroxylation is 2. The molecule has 1 aromatic heterocycles. The number of amides is 1. The summed E-state index contributed by atoms with van der Waals surface area (Å²) in [5.74, 6) is -1.45. The van der Waals surface area contributed by atoms with E-state index in [0.29, 0.717) is 26.0 Å². The zero-order valence-electron chi connectivity index (χ0n) is 16.6. The third-order valence-corrected chi connectivity index (χ3v) is 6.56. The van der Waals surface area contributed by atoms with E-state index in [1.807, 2.05) is 0 Å². The first kappa shape index (κ1) is 22.3. The number of esters is 1. The standard InChI is InChI=1S/C17H27N3O7S/c1-11(9-25-4)18-15(21)10-26-17(22)14-6-5-7-20(8-14)28(23,24)16-12(2)19-27-13(16)3/h11,14H,5-10H2,1-4H3,(H,18,21). The van der Waals surface area contributed by atoms with Crippen molar-refractivity contribution in [2.45, 2.75) is 44.6 Å². The van der Waals surface area contributed by atoms with Crippen LogP contribution in [0.5, 0.6) is 0 Å². The van der Waals surface area contributed by atoms with Crippen molar-refractivity contribution >= 4 is 21.9 Å². The van der Waals surface area contributed by atoms with Crippen molar-refractivity contribution in [3.05, 3.63) is 11.5 Å². The normalized spacial score (nSPS) is 19.2. The molecule has 28 heavy (non-hydrogen) atoms. The Balaban J connectivity index is 1.95. The smallest absolute Gasteiger partial charge is 0.310 e. The Kier molecular flexibility index (Phi) is 7.55. The molecule has 1 aliphatic rings. The number of rotatable bonds is 8. The Morgan fingerprint density at radius 2 is 2.11 bits per heavy atom. The lowest BCUT2D eigenvalue weighted by molar-refractivity contribution is -0.153. The van der Waals surface area contributed by atoms with Gasteiger partial charge in [-0.05, 0) is 33.6 Å². The number of nitrogens with zero attached hydrogens (tertiary/aromatic N) is 2. The lowest BCUT2D eigenvalue weighted by atomic mass is 10.00. The van der Waals surface area contributed by atoms with Gasteiger partial charge in [0.2, 0.25) is 10.0 Å². The summed E-state index contributed by atoms with van der Waals surface area (Å²) in [7, 11) is -2.30. The van der Waals surface area contributed by atoms with Crippen LogP contribution in [0.25, 0.3) is 0 Å². The van der Waals surface area contributed by atoms with Crippen LogP contribution >= 0.6 is 0 Å². The molecule has 1 N–H and O–H groups in total. The van der Waals surface area contributed by atoms with Crippen LogP contribution in [-0.4, -0.2) is 69.2 Å². The van der Waals surface area contributed by atoms with Gasteiger partial charge in [-0.2, -0.15) is 4.31 Å². The average Bonchev–Trinajstić information content (AvgIpc) is 2.99. The van der Waals surface area contributed by atoms with Crippen molar-refractivity contribution < 1.29 is 32.0 Å². The molecule has 2 heterocycles. The summed E-state index contributed by atoms with van der Waals surface area (Å²) < 4.78 is 42.0. The minimum Gasteiger partial charge on any atom is -0.455 e. The quantitative estimate of drug-likeness (QED) is 0.602. The van der Waals surface area contributed by atoms with Gasteiger partial charge in [-0.15, -0.1) is 0 Å². The summed E-state index contributed by atoms with van der Waals surface area (Å²) >= 11 is 0. The van der Waals surface area contributed by atoms with Crippen LogP contribution in [0.2, 0.25) is 0 Å². The highest BCUT2D eigenvalue weighted by atomic mass is 32.2. The fraction of sp³-hybridized carbons (Fsp3) is 0.706. The largest absolute Gasteiger partial charge is 0.455 e. The maximum absolute atomic E-state index is 12.9. The van der Waals surface area contributed by atoms with Crippen molar-refractivity contribution in [1.82, 2.24) is 14.8 Å². The highest BCUT2D eigenvalue weighted by molar-refractivity contribution is 7.89. The molecule has 10 nitrogen and oxygen atoms in total. The van der Waals surface area contributed by atoms with E-state index < -0.39 is 34.4 Å². The number of carbonyl (C=O) groups excluding carboxylic acids is 2. The molecule has 0 aromatic carbocycles. The van der Waals surface area contributed by atoms with Gasteiger partial charge in [0.05, 0.1) is 12.5 Å². The molecular formula is C17H27N3O7S. The summed E-state index contributed by atoms with van der Waals surface area (Å²) in [5.41, 5.74) is 0.282. The highest BCUT2D eigenvalue weighted by Crippen LogP contribution is 2.28. The minimum absolute atomic E-state index is 0.00702. The van der Waals surface area contributed by atoms with Crippen molar-refractivity contribution in [1.29, 1.82) is 0 Å². The van der Waals surface area contributed by atoms with Crippen molar-refractivity contribution in [3.8, 4) is 0 Å². The van der Waals surface area contributed by atoms with Gasteiger partial charge in [-0.25, -0.2) is 8.42 Å². The first-order valence-corrected chi connectivity index (χ1v) is 10.5. The number of aromatic nitrogens is 1. The van der Waals surface area contributed by atoms with Crippen molar-refractivity contribution in [2.24, 2.45) is 5.92 Å². The molecule has 0 spiro atoms. The Bertz CT molecular complexity index is 786. The Hall–Kier alpha value is -1.98. The topological polar surface area (TPSA) is 128 Å². The first-order valence-electron chi connectivity index (χ1n) is 9.04. The lowest BCUT2D eigenvalue weighted by Crippen LogP contribution is -2.44. The fourth-order valence-electron chi connectivity index (χ4n) is 3.19. The Labute approximate surface area is 164 Å². The van der Waals surface area contributed by atoms with Gasteiger partial charge < -0.3 is 19.3 Å². The predicted molar refractivity (Wildman–Crippen MR) is 97.9 cm³/mol. The van der Waals surface area contributed by atoms with Crippen LogP contribution in [0, 0.1) is 19.8 Å². The van der Waals surface area contributed by atoms with Gasteiger partial charge in [-0.1, -0.05) is 5.16 Å². The molecule has 0 saturated carbocycles. The monoisotopic (exact) mass is 417 g/mol. The number of hydrogen-bond acceptors (Lipinski definition) is 8. The molecule has 0 aliphatic carbocycles. The summed E-state index contributed by atoms with van der Waals surface area (Å²) in [6.45, 7) is 5.07. The molecule has 2 atom stereocenters. The number of carbonyl (C=O) groups is 2. The summed E-state index contributed by atoms with van der Waals surface area (Å²) in [6, 6.07) is -0.207. The van der Waals surface area contributed by atoms with Gasteiger partial charge in [0.15, 0.2) is 12.4 Å². The van der Waals surface area contributed by atoms with Crippen LogP contribution in [0.3, 0.4) is 0 Å². The average molecular weight is 417 g/mol. The van der Waals surface area contributed by atoms with E-state index in [-0.39, 0.29) is 28.9 Å². The first-order chi connectivity index (χ1) is 13.2. The number of piperidine rings is 1. The number of nitrogens with one attached hydrogen (secondary N) is 1. The number of methoxy groups -OCH3 is 1. The van der Waals surface area contributed by atoms with E-state index in [2.05, 4.69) is 10.5 Å². The molecule has 1 amide bonds. The van der Waals surface area contributed by atoms with E-state index in [1.165, 1.54) is 18.3 Å². The third kappa shape index (κ3) is 5.30. The zero-order chi connectivity index (χ0) is 20.9. The van der Waals surface area contributed by atoms with Crippen LogP contribution in [0.4, 0.5) is 0 Å². The number of hydrogen-bond donors (Lipinski definition) is 1. The molecule has 2 rings (SSSR count). The van der Waals surface area contributed by atoms with Crippen LogP contribution in [-0.2, 0) is 29.1 Å². The van der Waals surface area contributed by atoms with Crippen LogP contribution in [0.15, 0.2) is 9.42 Å². The summed E-state index contributed by atoms with van der Waals surface area (Å²) in [6.07, 6.45) is 1.01. The second kappa shape index (κ2) is 9.48. The zero-order valence-corrected chi connectivity index (χ0v) is 17.4. The van der Waals surface area contributed by atoms with Gasteiger partial charge in [0.1, 0.15) is 10.6 Å². The second-order valence-corrected chi connectivity index (χ2v) is 8.76. The molecule has 2 unspecified atom stereocenters.